The molecule has 1 radical (unpaired) electrons. The van der Waals surface area contributed by atoms with Crippen LogP contribution >= 0.6 is 0 Å². The van der Waals surface area contributed by atoms with E-state index >= 15 is 0 Å². The first kappa shape index (κ1) is 13.3. The summed E-state index contributed by atoms with van der Waals surface area (Å²) in [7, 11) is -2.25. The highest BCUT2D eigenvalue weighted by atomic mass is 32.2. The monoisotopic (exact) mass is 278 g/mol. The molecule has 0 bridgehead atoms. The molecule has 2 rings (SSSR count). The predicted molar refractivity (Wildman–Crippen MR) is 69.4 cm³/mol. The van der Waals surface area contributed by atoms with Crippen molar-refractivity contribution in [2.45, 2.75) is 11.8 Å². The maximum Gasteiger partial charge on any atom is 0.264 e. The number of anilines is 1. The Kier molecular flexibility index (Phi) is 3.66. The van der Waals surface area contributed by atoms with Gasteiger partial charge in [0, 0.05) is 11.8 Å². The number of benzene rings is 1. The maximum atomic E-state index is 12.1. The van der Waals surface area contributed by atoms with Crippen molar-refractivity contribution in [2.75, 3.05) is 11.8 Å². The summed E-state index contributed by atoms with van der Waals surface area (Å²) < 4.78 is 31.4. The fraction of sp³-hybridized carbons (Fsp3) is 0.167. The zero-order valence-electron chi connectivity index (χ0n) is 10.4. The Hall–Kier alpha value is -2.15. The number of hydrogen-bond donors (Lipinski definition) is 1. The Balaban J connectivity index is 2.33. The Labute approximate surface area is 111 Å². The summed E-state index contributed by atoms with van der Waals surface area (Å²) in [6, 6.07) is 10.3. The number of methoxy groups -OCH3 is 1. The average molecular weight is 278 g/mol. The van der Waals surface area contributed by atoms with Gasteiger partial charge in [-0.05, 0) is 25.1 Å². The van der Waals surface area contributed by atoms with Gasteiger partial charge in [-0.3, -0.25) is 0 Å². The van der Waals surface area contributed by atoms with Crippen LogP contribution in [-0.4, -0.2) is 25.5 Å². The summed E-state index contributed by atoms with van der Waals surface area (Å²) in [5.41, 5.74) is 0.603. The lowest BCUT2D eigenvalue weighted by Crippen LogP contribution is -2.15. The lowest BCUT2D eigenvalue weighted by Gasteiger charge is -2.08. The highest BCUT2D eigenvalue weighted by molar-refractivity contribution is 7.92. The molecule has 6 nitrogen and oxygen atoms in total. The number of rotatable bonds is 4. The van der Waals surface area contributed by atoms with Gasteiger partial charge < -0.3 is 4.74 Å². The summed E-state index contributed by atoms with van der Waals surface area (Å²) in [6.07, 6.45) is 0. The van der Waals surface area contributed by atoms with Gasteiger partial charge in [0.25, 0.3) is 10.0 Å². The van der Waals surface area contributed by atoms with Crippen molar-refractivity contribution in [2.24, 2.45) is 0 Å². The fourth-order valence-corrected chi connectivity index (χ4v) is 2.36. The first-order chi connectivity index (χ1) is 9.01. The standard InChI is InChI=1S/C12H12N3O3S/c1-9-8-11(18-2)14-12(13-9)15-19(16,17)10-6-4-3-5-7-10/h4-8H,1-2H3,(H,13,14,15). The third-order valence-electron chi connectivity index (χ3n) is 2.26. The van der Waals surface area contributed by atoms with Crippen LogP contribution in [-0.2, 0) is 10.0 Å². The molecule has 19 heavy (non-hydrogen) atoms. The Morgan fingerprint density at radius 2 is 1.95 bits per heavy atom. The van der Waals surface area contributed by atoms with Gasteiger partial charge in [-0.1, -0.05) is 12.1 Å². The van der Waals surface area contributed by atoms with Crippen molar-refractivity contribution in [1.82, 2.24) is 9.97 Å². The molecule has 0 aliphatic carbocycles. The van der Waals surface area contributed by atoms with E-state index in [9.17, 15) is 8.42 Å². The van der Waals surface area contributed by atoms with Crippen molar-refractivity contribution in [3.8, 4) is 5.88 Å². The van der Waals surface area contributed by atoms with E-state index in [1.165, 1.54) is 31.4 Å². The Bertz CT molecular complexity index is 672. The molecule has 0 atom stereocenters. The van der Waals surface area contributed by atoms with Gasteiger partial charge in [0.1, 0.15) is 0 Å². The molecule has 2 aromatic rings. The summed E-state index contributed by atoms with van der Waals surface area (Å²) in [5, 5.41) is 0. The van der Waals surface area contributed by atoms with Crippen molar-refractivity contribution in [3.63, 3.8) is 0 Å². The Morgan fingerprint density at radius 1 is 1.26 bits per heavy atom. The Morgan fingerprint density at radius 3 is 2.58 bits per heavy atom. The minimum atomic E-state index is -3.71. The molecule has 0 spiro atoms. The molecule has 0 saturated heterocycles. The molecule has 0 aliphatic heterocycles. The third-order valence-corrected chi connectivity index (χ3v) is 3.61. The van der Waals surface area contributed by atoms with Gasteiger partial charge in [-0.25, -0.2) is 18.1 Å². The molecular formula is C12H12N3O3S. The molecule has 0 fully saturated rings. The van der Waals surface area contributed by atoms with E-state index in [-0.39, 0.29) is 10.8 Å². The fourth-order valence-electron chi connectivity index (χ4n) is 1.42. The SMILES string of the molecule is COc1cc(C)nc(NS(=O)(=O)c2cc[c]cc2)n1. The molecule has 1 aromatic heterocycles. The van der Waals surface area contributed by atoms with Crippen molar-refractivity contribution in [1.29, 1.82) is 0 Å². The van der Waals surface area contributed by atoms with Gasteiger partial charge in [-0.15, -0.1) is 0 Å². The van der Waals surface area contributed by atoms with Crippen LogP contribution in [0.25, 0.3) is 0 Å². The van der Waals surface area contributed by atoms with Crippen LogP contribution in [0, 0.1) is 13.0 Å². The van der Waals surface area contributed by atoms with E-state index < -0.39 is 10.0 Å². The third kappa shape index (κ3) is 3.19. The van der Waals surface area contributed by atoms with Crippen molar-refractivity contribution >= 4 is 16.0 Å². The summed E-state index contributed by atoms with van der Waals surface area (Å²) in [6.45, 7) is 1.72. The lowest BCUT2D eigenvalue weighted by molar-refractivity contribution is 0.397. The molecule has 1 heterocycles. The lowest BCUT2D eigenvalue weighted by atomic mass is 10.4. The van der Waals surface area contributed by atoms with Crippen molar-refractivity contribution < 1.29 is 13.2 Å². The van der Waals surface area contributed by atoms with Gasteiger partial charge in [0.05, 0.1) is 12.0 Å². The van der Waals surface area contributed by atoms with E-state index in [1.807, 2.05) is 0 Å². The summed E-state index contributed by atoms with van der Waals surface area (Å²) in [4.78, 5) is 8.06. The summed E-state index contributed by atoms with van der Waals surface area (Å²) in [5.74, 6) is 0.274. The molecule has 1 N–H and O–H groups in total. The number of ether oxygens (including phenoxy) is 1. The van der Waals surface area contributed by atoms with Gasteiger partial charge in [0.15, 0.2) is 0 Å². The quantitative estimate of drug-likeness (QED) is 0.914. The minimum Gasteiger partial charge on any atom is -0.481 e. The number of nitrogens with zero attached hydrogens (tertiary/aromatic N) is 2. The van der Waals surface area contributed by atoms with Crippen molar-refractivity contribution in [3.05, 3.63) is 42.1 Å². The highest BCUT2D eigenvalue weighted by Gasteiger charge is 2.15. The number of sulfonamides is 1. The molecule has 0 amide bonds. The normalized spacial score (nSPS) is 11.1. The zero-order valence-corrected chi connectivity index (χ0v) is 11.2. The zero-order chi connectivity index (χ0) is 13.9. The second-order valence-electron chi connectivity index (χ2n) is 3.72. The van der Waals surface area contributed by atoms with E-state index in [0.717, 1.165) is 0 Å². The van der Waals surface area contributed by atoms with Crippen LogP contribution in [0.5, 0.6) is 5.88 Å². The number of aromatic nitrogens is 2. The van der Waals surface area contributed by atoms with Crippen LogP contribution in [0.4, 0.5) is 5.95 Å². The highest BCUT2D eigenvalue weighted by Crippen LogP contribution is 2.15. The second kappa shape index (κ2) is 5.23. The largest absolute Gasteiger partial charge is 0.481 e. The van der Waals surface area contributed by atoms with Crippen LogP contribution in [0.3, 0.4) is 0 Å². The van der Waals surface area contributed by atoms with E-state index in [2.05, 4.69) is 20.8 Å². The van der Waals surface area contributed by atoms with E-state index in [1.54, 1.807) is 13.0 Å². The van der Waals surface area contributed by atoms with E-state index in [0.29, 0.717) is 11.6 Å². The first-order valence-electron chi connectivity index (χ1n) is 5.40. The maximum absolute atomic E-state index is 12.1. The average Bonchev–Trinajstić information content (AvgIpc) is 2.38. The topological polar surface area (TPSA) is 81.2 Å². The van der Waals surface area contributed by atoms with Crippen LogP contribution < -0.4 is 9.46 Å². The number of aryl methyl sites for hydroxylation is 1. The molecular weight excluding hydrogens is 266 g/mol. The molecule has 99 valence electrons. The number of nitrogens with one attached hydrogen (secondary N) is 1. The van der Waals surface area contributed by atoms with E-state index in [4.69, 9.17) is 4.74 Å². The van der Waals surface area contributed by atoms with Crippen LogP contribution in [0.1, 0.15) is 5.69 Å². The molecule has 0 saturated carbocycles. The first-order valence-corrected chi connectivity index (χ1v) is 6.88. The smallest absolute Gasteiger partial charge is 0.264 e. The minimum absolute atomic E-state index is 0.0234. The van der Waals surface area contributed by atoms with Gasteiger partial charge >= 0.3 is 0 Å². The molecule has 7 heteroatoms. The molecule has 0 aliphatic rings. The van der Waals surface area contributed by atoms with Gasteiger partial charge in [-0.2, -0.15) is 4.98 Å². The van der Waals surface area contributed by atoms with Crippen LogP contribution in [0.15, 0.2) is 35.2 Å². The summed E-state index contributed by atoms with van der Waals surface area (Å²) >= 11 is 0. The molecule has 0 unspecified atom stereocenters. The molecule has 1 aromatic carbocycles. The predicted octanol–water partition coefficient (Wildman–Crippen LogP) is 1.39. The van der Waals surface area contributed by atoms with Crippen LogP contribution in [0.2, 0.25) is 0 Å². The number of hydrogen-bond acceptors (Lipinski definition) is 5. The van der Waals surface area contributed by atoms with Gasteiger partial charge in [0.2, 0.25) is 11.8 Å². The second-order valence-corrected chi connectivity index (χ2v) is 5.40.